The largest absolute Gasteiger partial charge is 0.497 e. The van der Waals surface area contributed by atoms with Crippen LogP contribution in [0.5, 0.6) is 11.5 Å². The van der Waals surface area contributed by atoms with Crippen molar-refractivity contribution in [2.45, 2.75) is 39.2 Å². The molecule has 0 spiro atoms. The Kier molecular flexibility index (Phi) is 9.90. The van der Waals surface area contributed by atoms with Crippen LogP contribution in [0.2, 0.25) is 0 Å². The van der Waals surface area contributed by atoms with E-state index in [-0.39, 0.29) is 30.5 Å². The normalized spacial score (nSPS) is 13.3. The van der Waals surface area contributed by atoms with Crippen LogP contribution < -0.4 is 20.1 Å². The number of aliphatic hydroxyl groups is 1. The van der Waals surface area contributed by atoms with E-state index in [1.54, 1.807) is 27.2 Å². The lowest BCUT2D eigenvalue weighted by molar-refractivity contribution is 0.0428. The Hall–Kier alpha value is -2.40. The first-order chi connectivity index (χ1) is 15.4. The van der Waals surface area contributed by atoms with Crippen molar-refractivity contribution in [2.24, 2.45) is 4.99 Å². The van der Waals surface area contributed by atoms with Crippen LogP contribution in [0.4, 0.5) is 0 Å². The molecule has 0 bridgehead atoms. The van der Waals surface area contributed by atoms with Crippen LogP contribution in [-0.2, 0) is 12.0 Å². The summed E-state index contributed by atoms with van der Waals surface area (Å²) in [6.07, 6.45) is 1.78. The molecular formula is C24H35IN4O4. The van der Waals surface area contributed by atoms with Gasteiger partial charge < -0.3 is 34.6 Å². The van der Waals surface area contributed by atoms with E-state index in [4.69, 9.17) is 13.9 Å². The van der Waals surface area contributed by atoms with Crippen molar-refractivity contribution >= 4 is 40.8 Å². The van der Waals surface area contributed by atoms with Gasteiger partial charge in [-0.1, -0.05) is 0 Å². The van der Waals surface area contributed by atoms with Gasteiger partial charge in [0.2, 0.25) is 0 Å². The summed E-state index contributed by atoms with van der Waals surface area (Å²) in [4.78, 5) is 7.98. The van der Waals surface area contributed by atoms with Crippen molar-refractivity contribution in [1.82, 2.24) is 15.6 Å². The maximum atomic E-state index is 10.7. The molecule has 1 unspecified atom stereocenters. The number of rotatable bonds is 10. The number of fused-ring (bicyclic) bond motifs is 1. The molecule has 8 nitrogen and oxygen atoms in total. The van der Waals surface area contributed by atoms with E-state index < -0.39 is 5.60 Å². The van der Waals surface area contributed by atoms with Crippen molar-refractivity contribution in [2.75, 3.05) is 33.9 Å². The maximum Gasteiger partial charge on any atom is 0.191 e. The lowest BCUT2D eigenvalue weighted by atomic mass is 10.0. The third kappa shape index (κ3) is 7.04. The number of furan rings is 1. The molecule has 0 amide bonds. The number of aromatic nitrogens is 1. The number of benzene rings is 1. The third-order valence-corrected chi connectivity index (χ3v) is 5.26. The Morgan fingerprint density at radius 3 is 2.61 bits per heavy atom. The van der Waals surface area contributed by atoms with Gasteiger partial charge in [-0.3, -0.25) is 0 Å². The molecule has 0 aliphatic rings. The molecule has 0 fully saturated rings. The number of guanidine groups is 1. The minimum absolute atomic E-state index is 0. The van der Waals surface area contributed by atoms with Crippen LogP contribution in [0.25, 0.3) is 10.9 Å². The molecule has 2 heterocycles. The fourth-order valence-electron chi connectivity index (χ4n) is 3.52. The summed E-state index contributed by atoms with van der Waals surface area (Å²) < 4.78 is 16.4. The maximum absolute atomic E-state index is 10.7. The molecule has 3 rings (SSSR count). The minimum atomic E-state index is -1.17. The van der Waals surface area contributed by atoms with E-state index in [1.165, 1.54) is 0 Å². The molecule has 33 heavy (non-hydrogen) atoms. The van der Waals surface area contributed by atoms with Crippen LogP contribution in [0, 0.1) is 6.92 Å². The van der Waals surface area contributed by atoms with E-state index in [2.05, 4.69) is 26.7 Å². The van der Waals surface area contributed by atoms with Crippen molar-refractivity contribution in [1.29, 1.82) is 0 Å². The Morgan fingerprint density at radius 2 is 1.97 bits per heavy atom. The Labute approximate surface area is 212 Å². The van der Waals surface area contributed by atoms with Crippen molar-refractivity contribution in [3.8, 4) is 11.5 Å². The van der Waals surface area contributed by atoms with Crippen LogP contribution in [0.15, 0.2) is 39.7 Å². The first-order valence-electron chi connectivity index (χ1n) is 10.9. The summed E-state index contributed by atoms with van der Waals surface area (Å²) >= 11 is 0. The highest BCUT2D eigenvalue weighted by atomic mass is 127. The second-order valence-electron chi connectivity index (χ2n) is 8.00. The van der Waals surface area contributed by atoms with Crippen molar-refractivity contribution in [3.63, 3.8) is 0 Å². The number of methoxy groups -OCH3 is 2. The Morgan fingerprint density at radius 1 is 1.18 bits per heavy atom. The molecule has 182 valence electrons. The number of H-pyrrole nitrogens is 1. The average molecular weight is 570 g/mol. The predicted octanol–water partition coefficient (Wildman–Crippen LogP) is 4.10. The molecule has 0 saturated heterocycles. The number of nitrogens with one attached hydrogen (secondary N) is 3. The number of ether oxygens (including phenoxy) is 2. The summed E-state index contributed by atoms with van der Waals surface area (Å²) in [7, 11) is 3.31. The highest BCUT2D eigenvalue weighted by Crippen LogP contribution is 2.31. The second kappa shape index (κ2) is 12.2. The lowest BCUT2D eigenvalue weighted by Gasteiger charge is -2.19. The van der Waals surface area contributed by atoms with E-state index >= 15 is 0 Å². The van der Waals surface area contributed by atoms with E-state index in [1.807, 2.05) is 32.0 Å². The fraction of sp³-hybridized carbons (Fsp3) is 0.458. The van der Waals surface area contributed by atoms with Crippen LogP contribution >= 0.6 is 24.0 Å². The quantitative estimate of drug-likeness (QED) is 0.127. The highest BCUT2D eigenvalue weighted by molar-refractivity contribution is 14.0. The number of aromatic amines is 1. The predicted molar refractivity (Wildman–Crippen MR) is 142 cm³/mol. The molecule has 0 aliphatic carbocycles. The van der Waals surface area contributed by atoms with Crippen molar-refractivity contribution in [3.05, 3.63) is 47.5 Å². The van der Waals surface area contributed by atoms with Gasteiger partial charge in [-0.25, -0.2) is 4.99 Å². The van der Waals surface area contributed by atoms with Gasteiger partial charge in [-0.15, -0.1) is 24.0 Å². The molecule has 4 N–H and O–H groups in total. The first kappa shape index (κ1) is 26.8. The molecule has 3 aromatic rings. The zero-order valence-corrected chi connectivity index (χ0v) is 22.3. The number of hydrogen-bond acceptors (Lipinski definition) is 5. The smallest absolute Gasteiger partial charge is 0.191 e. The first-order valence-corrected chi connectivity index (χ1v) is 10.9. The van der Waals surface area contributed by atoms with Gasteiger partial charge in [-0.05, 0) is 51.8 Å². The monoisotopic (exact) mass is 570 g/mol. The Bertz CT molecular complexity index is 1060. The van der Waals surface area contributed by atoms with Crippen molar-refractivity contribution < 1.29 is 19.0 Å². The summed E-state index contributed by atoms with van der Waals surface area (Å²) in [5, 5.41) is 18.3. The van der Waals surface area contributed by atoms with Gasteiger partial charge in [0.15, 0.2) is 5.96 Å². The van der Waals surface area contributed by atoms with E-state index in [0.717, 1.165) is 59.8 Å². The van der Waals surface area contributed by atoms with Gasteiger partial charge in [0.05, 0.1) is 26.3 Å². The molecule has 1 atom stereocenters. The van der Waals surface area contributed by atoms with Gasteiger partial charge in [0.25, 0.3) is 0 Å². The van der Waals surface area contributed by atoms with Crippen LogP contribution in [0.1, 0.15) is 37.5 Å². The standard InChI is InChI=1S/C24H34N4O4.HI/c1-6-25-23(27-15-24(3,29)22-10-9-16(2)32-22)26-11-7-8-17-12-19-20(28-17)13-18(30-4)14-21(19)31-5;/h9-10,12-14,28-29H,6-8,11,15H2,1-5H3,(H2,25,26,27);1H. The van der Waals surface area contributed by atoms with E-state index in [9.17, 15) is 5.11 Å². The summed E-state index contributed by atoms with van der Waals surface area (Å²) in [5.41, 5.74) is 0.960. The molecule has 1 aromatic carbocycles. The summed E-state index contributed by atoms with van der Waals surface area (Å²) in [6, 6.07) is 9.61. The molecule has 0 radical (unpaired) electrons. The van der Waals surface area contributed by atoms with Crippen LogP contribution in [-0.4, -0.2) is 49.9 Å². The molecular weight excluding hydrogens is 535 g/mol. The van der Waals surface area contributed by atoms with Gasteiger partial charge in [-0.2, -0.15) is 0 Å². The third-order valence-electron chi connectivity index (χ3n) is 5.26. The van der Waals surface area contributed by atoms with Crippen LogP contribution in [0.3, 0.4) is 0 Å². The fourth-order valence-corrected chi connectivity index (χ4v) is 3.52. The average Bonchev–Trinajstić information content (AvgIpc) is 3.40. The number of nitrogens with zero attached hydrogens (tertiary/aromatic N) is 1. The SMILES string of the molecule is CCNC(=NCC(C)(O)c1ccc(C)o1)NCCCc1cc2c(OC)cc(OC)cc2[nH]1.I. The molecule has 0 aliphatic heterocycles. The molecule has 0 saturated carbocycles. The summed E-state index contributed by atoms with van der Waals surface area (Å²) in [5.74, 6) is 3.50. The molecule has 2 aromatic heterocycles. The topological polar surface area (TPSA) is 104 Å². The van der Waals surface area contributed by atoms with E-state index in [0.29, 0.717) is 11.7 Å². The van der Waals surface area contributed by atoms with Gasteiger partial charge in [0, 0.05) is 36.3 Å². The zero-order chi connectivity index (χ0) is 23.1. The highest BCUT2D eigenvalue weighted by Gasteiger charge is 2.26. The van der Waals surface area contributed by atoms with Gasteiger partial charge >= 0.3 is 0 Å². The summed E-state index contributed by atoms with van der Waals surface area (Å²) in [6.45, 7) is 7.24. The Balaban J connectivity index is 0.00000385. The number of aryl methyl sites for hydroxylation is 2. The second-order valence-corrected chi connectivity index (χ2v) is 8.00. The number of halogens is 1. The zero-order valence-electron chi connectivity index (χ0n) is 19.9. The number of hydrogen-bond donors (Lipinski definition) is 4. The van der Waals surface area contributed by atoms with Gasteiger partial charge in [0.1, 0.15) is 28.6 Å². The number of aliphatic imine (C=N–C) groups is 1. The lowest BCUT2D eigenvalue weighted by Crippen LogP contribution is -2.39. The minimum Gasteiger partial charge on any atom is -0.497 e. The molecule has 9 heteroatoms.